The Hall–Kier alpha value is -1.09. The normalized spacial score (nSPS) is 28.8. The van der Waals surface area contributed by atoms with E-state index in [1.165, 1.54) is 18.6 Å². The molecule has 0 radical (unpaired) electrons. The highest BCUT2D eigenvalue weighted by molar-refractivity contribution is 5.39. The Morgan fingerprint density at radius 2 is 1.71 bits per heavy atom. The molecule has 3 heteroatoms. The smallest absolute Gasteiger partial charge is 0.127 e. The van der Waals surface area contributed by atoms with Crippen molar-refractivity contribution in [2.24, 2.45) is 16.6 Å². The summed E-state index contributed by atoms with van der Waals surface area (Å²) in [5.74, 6) is 0.384. The van der Waals surface area contributed by atoms with E-state index in [0.29, 0.717) is 5.75 Å². The summed E-state index contributed by atoms with van der Waals surface area (Å²) in [5.41, 5.74) is 7.48. The Morgan fingerprint density at radius 3 is 2.33 bits per heavy atom. The average Bonchev–Trinajstić information content (AvgIpc) is 2.22. The Bertz CT molecular complexity index is 548. The van der Waals surface area contributed by atoms with Crippen molar-refractivity contribution in [3.05, 3.63) is 29.6 Å². The molecular weight excluding hydrogens is 265 g/mol. The molecule has 1 spiro atoms. The van der Waals surface area contributed by atoms with Crippen LogP contribution in [-0.4, -0.2) is 5.60 Å². The number of benzene rings is 1. The van der Waals surface area contributed by atoms with Crippen molar-refractivity contribution >= 4 is 0 Å². The van der Waals surface area contributed by atoms with Crippen molar-refractivity contribution in [2.75, 3.05) is 0 Å². The van der Waals surface area contributed by atoms with Gasteiger partial charge in [0.1, 0.15) is 17.2 Å². The number of nitrogens with two attached hydrogens (primary N) is 1. The van der Waals surface area contributed by atoms with Gasteiger partial charge in [-0.1, -0.05) is 33.8 Å². The van der Waals surface area contributed by atoms with Crippen LogP contribution in [0.4, 0.5) is 4.39 Å². The van der Waals surface area contributed by atoms with Crippen LogP contribution in [0, 0.1) is 16.6 Å². The monoisotopic (exact) mass is 291 g/mol. The Labute approximate surface area is 126 Å². The molecule has 0 amide bonds. The van der Waals surface area contributed by atoms with Crippen molar-refractivity contribution < 1.29 is 9.13 Å². The van der Waals surface area contributed by atoms with Crippen LogP contribution in [0.25, 0.3) is 0 Å². The summed E-state index contributed by atoms with van der Waals surface area (Å²) >= 11 is 0. The van der Waals surface area contributed by atoms with E-state index >= 15 is 0 Å². The largest absolute Gasteiger partial charge is 0.487 e. The van der Waals surface area contributed by atoms with E-state index in [2.05, 4.69) is 27.7 Å². The zero-order valence-electron chi connectivity index (χ0n) is 13.5. The van der Waals surface area contributed by atoms with Gasteiger partial charge in [-0.05, 0) is 36.2 Å². The summed E-state index contributed by atoms with van der Waals surface area (Å²) in [4.78, 5) is 0. The highest BCUT2D eigenvalue weighted by Gasteiger charge is 2.51. The summed E-state index contributed by atoms with van der Waals surface area (Å²) in [6, 6.07) is 4.65. The van der Waals surface area contributed by atoms with E-state index in [1.54, 1.807) is 6.07 Å². The van der Waals surface area contributed by atoms with Gasteiger partial charge in [0.25, 0.3) is 0 Å². The maximum Gasteiger partial charge on any atom is 0.127 e. The van der Waals surface area contributed by atoms with Gasteiger partial charge in [-0.25, -0.2) is 4.39 Å². The summed E-state index contributed by atoms with van der Waals surface area (Å²) in [6.45, 7) is 9.19. The van der Waals surface area contributed by atoms with E-state index in [4.69, 9.17) is 10.5 Å². The van der Waals surface area contributed by atoms with E-state index in [-0.39, 0.29) is 28.3 Å². The SMILES string of the molecule is CC1(C)CC(C)(C)CC2(CC(N)c3ccc(F)cc3O2)C1. The second-order valence-electron chi connectivity index (χ2n) is 8.64. The molecule has 2 N–H and O–H groups in total. The van der Waals surface area contributed by atoms with Gasteiger partial charge in [0, 0.05) is 24.1 Å². The predicted octanol–water partition coefficient (Wildman–Crippen LogP) is 4.58. The van der Waals surface area contributed by atoms with E-state index in [9.17, 15) is 4.39 Å². The van der Waals surface area contributed by atoms with Crippen LogP contribution in [0.3, 0.4) is 0 Å². The van der Waals surface area contributed by atoms with Crippen LogP contribution in [0.5, 0.6) is 5.75 Å². The van der Waals surface area contributed by atoms with Crippen molar-refractivity contribution in [2.45, 2.75) is 65.0 Å². The van der Waals surface area contributed by atoms with Gasteiger partial charge in [0.05, 0.1) is 0 Å². The maximum absolute atomic E-state index is 13.6. The molecule has 1 unspecified atom stereocenters. The first kappa shape index (κ1) is 14.8. The van der Waals surface area contributed by atoms with Gasteiger partial charge in [-0.3, -0.25) is 0 Å². The highest BCUT2D eigenvalue weighted by atomic mass is 19.1. The number of hydrogen-bond acceptors (Lipinski definition) is 2. The molecule has 21 heavy (non-hydrogen) atoms. The Kier molecular flexibility index (Phi) is 3.14. The fourth-order valence-electron chi connectivity index (χ4n) is 5.13. The van der Waals surface area contributed by atoms with Crippen molar-refractivity contribution in [1.82, 2.24) is 0 Å². The minimum Gasteiger partial charge on any atom is -0.487 e. The minimum atomic E-state index is -0.258. The van der Waals surface area contributed by atoms with E-state index in [0.717, 1.165) is 24.8 Å². The van der Waals surface area contributed by atoms with Crippen LogP contribution in [-0.2, 0) is 0 Å². The quantitative estimate of drug-likeness (QED) is 0.759. The van der Waals surface area contributed by atoms with Crippen molar-refractivity contribution in [1.29, 1.82) is 0 Å². The summed E-state index contributed by atoms with van der Waals surface area (Å²) < 4.78 is 19.9. The number of ether oxygens (including phenoxy) is 1. The molecule has 1 saturated carbocycles. The van der Waals surface area contributed by atoms with Crippen molar-refractivity contribution in [3.8, 4) is 5.75 Å². The molecule has 1 aromatic rings. The molecule has 116 valence electrons. The fourth-order valence-corrected chi connectivity index (χ4v) is 5.13. The van der Waals surface area contributed by atoms with Crippen LogP contribution in [0.1, 0.15) is 65.0 Å². The van der Waals surface area contributed by atoms with E-state index in [1.807, 2.05) is 0 Å². The van der Waals surface area contributed by atoms with Gasteiger partial charge >= 0.3 is 0 Å². The van der Waals surface area contributed by atoms with Crippen LogP contribution in [0.2, 0.25) is 0 Å². The first-order valence-electron chi connectivity index (χ1n) is 7.84. The van der Waals surface area contributed by atoms with Gasteiger partial charge in [-0.2, -0.15) is 0 Å². The molecule has 0 saturated heterocycles. The summed E-state index contributed by atoms with van der Waals surface area (Å²) in [7, 11) is 0. The van der Waals surface area contributed by atoms with Crippen molar-refractivity contribution in [3.63, 3.8) is 0 Å². The minimum absolute atomic E-state index is 0.0703. The molecule has 1 aliphatic heterocycles. The molecular formula is C18H26FNO. The molecule has 1 aromatic carbocycles. The Balaban J connectivity index is 2.00. The summed E-state index contributed by atoms with van der Waals surface area (Å²) in [6.07, 6.45) is 3.95. The first-order chi connectivity index (χ1) is 9.60. The lowest BCUT2D eigenvalue weighted by molar-refractivity contribution is -0.0840. The molecule has 1 heterocycles. The lowest BCUT2D eigenvalue weighted by atomic mass is 9.58. The lowest BCUT2D eigenvalue weighted by Crippen LogP contribution is -2.52. The summed E-state index contributed by atoms with van der Waals surface area (Å²) in [5, 5.41) is 0. The molecule has 1 aliphatic carbocycles. The van der Waals surface area contributed by atoms with Crippen LogP contribution < -0.4 is 10.5 Å². The number of fused-ring (bicyclic) bond motifs is 1. The lowest BCUT2D eigenvalue weighted by Gasteiger charge is -2.54. The fraction of sp³-hybridized carbons (Fsp3) is 0.667. The number of halogens is 1. The number of hydrogen-bond donors (Lipinski definition) is 1. The number of rotatable bonds is 0. The van der Waals surface area contributed by atoms with Gasteiger partial charge in [0.2, 0.25) is 0 Å². The third-order valence-corrected chi connectivity index (χ3v) is 4.85. The molecule has 1 fully saturated rings. The molecule has 2 nitrogen and oxygen atoms in total. The van der Waals surface area contributed by atoms with Gasteiger partial charge in [0.15, 0.2) is 0 Å². The second kappa shape index (κ2) is 4.45. The predicted molar refractivity (Wildman–Crippen MR) is 82.7 cm³/mol. The van der Waals surface area contributed by atoms with Crippen LogP contribution >= 0.6 is 0 Å². The van der Waals surface area contributed by atoms with Crippen LogP contribution in [0.15, 0.2) is 18.2 Å². The topological polar surface area (TPSA) is 35.2 Å². The van der Waals surface area contributed by atoms with Gasteiger partial charge in [-0.15, -0.1) is 0 Å². The zero-order chi connectivity index (χ0) is 15.5. The highest BCUT2D eigenvalue weighted by Crippen LogP contribution is 2.55. The maximum atomic E-state index is 13.6. The molecule has 0 bridgehead atoms. The van der Waals surface area contributed by atoms with Gasteiger partial charge < -0.3 is 10.5 Å². The third kappa shape index (κ3) is 2.80. The zero-order valence-corrected chi connectivity index (χ0v) is 13.5. The standard InChI is InChI=1S/C18H26FNO/c1-16(2)9-17(3,4)11-18(10-16)8-14(20)13-6-5-12(19)7-15(13)21-18/h5-7,14H,8-11,20H2,1-4H3. The Morgan fingerprint density at radius 1 is 1.10 bits per heavy atom. The third-order valence-electron chi connectivity index (χ3n) is 4.85. The molecule has 1 atom stereocenters. The first-order valence-corrected chi connectivity index (χ1v) is 7.84. The molecule has 2 aliphatic rings. The van der Waals surface area contributed by atoms with E-state index < -0.39 is 0 Å². The molecule has 3 rings (SSSR count). The molecule has 0 aromatic heterocycles. The average molecular weight is 291 g/mol. The second-order valence-corrected chi connectivity index (χ2v) is 8.64.